The van der Waals surface area contributed by atoms with Crippen LogP contribution >= 0.6 is 0 Å². The third-order valence-electron chi connectivity index (χ3n) is 7.67. The summed E-state index contributed by atoms with van der Waals surface area (Å²) in [6, 6.07) is 31.7. The SMILES string of the molecule is CCOC(=O)c1nn(CCO)c2c1CCC1=C2CN(C(c2ccccc2)(c2ccccc2)c2ccccc2)N1. The molecular weight excluding hydrogens is 488 g/mol. The van der Waals surface area contributed by atoms with Gasteiger partial charge in [0.1, 0.15) is 5.54 Å². The Morgan fingerprint density at radius 1 is 0.923 bits per heavy atom. The van der Waals surface area contributed by atoms with Crippen molar-refractivity contribution in [1.82, 2.24) is 20.2 Å². The van der Waals surface area contributed by atoms with Crippen LogP contribution in [0.15, 0.2) is 96.7 Å². The van der Waals surface area contributed by atoms with Gasteiger partial charge in [0, 0.05) is 23.4 Å². The summed E-state index contributed by atoms with van der Waals surface area (Å²) < 4.78 is 7.10. The predicted octanol–water partition coefficient (Wildman–Crippen LogP) is 4.52. The van der Waals surface area contributed by atoms with Crippen LogP contribution in [0.4, 0.5) is 0 Å². The van der Waals surface area contributed by atoms with Crippen molar-refractivity contribution in [1.29, 1.82) is 0 Å². The number of nitrogens with zero attached hydrogens (tertiary/aromatic N) is 3. The first-order chi connectivity index (χ1) is 19.2. The number of carbonyl (C=O) groups excluding carboxylic acids is 1. The first-order valence-electron chi connectivity index (χ1n) is 13.5. The molecule has 0 unspecified atom stereocenters. The molecule has 3 aromatic carbocycles. The van der Waals surface area contributed by atoms with Crippen LogP contribution in [0, 0.1) is 0 Å². The van der Waals surface area contributed by atoms with E-state index in [-0.39, 0.29) is 13.2 Å². The van der Waals surface area contributed by atoms with Crippen LogP contribution in [0.3, 0.4) is 0 Å². The standard InChI is InChI=1S/C32H32N4O3/c1-2-39-31(38)29-26-18-19-28-27(30(26)35(34-29)20-21-37)22-36(33-28)32(23-12-6-3-7-13-23,24-14-8-4-9-15-24)25-16-10-5-11-17-25/h3-17,33,37H,2,18-22H2,1H3. The maximum absolute atomic E-state index is 12.8. The van der Waals surface area contributed by atoms with Gasteiger partial charge in [0.15, 0.2) is 5.69 Å². The Kier molecular flexibility index (Phi) is 6.77. The predicted molar refractivity (Wildman–Crippen MR) is 150 cm³/mol. The first kappa shape index (κ1) is 25.1. The Morgan fingerprint density at radius 2 is 1.49 bits per heavy atom. The topological polar surface area (TPSA) is 79.6 Å². The van der Waals surface area contributed by atoms with Gasteiger partial charge in [0.25, 0.3) is 0 Å². The molecule has 2 heterocycles. The van der Waals surface area contributed by atoms with Crippen molar-refractivity contribution < 1.29 is 14.6 Å². The van der Waals surface area contributed by atoms with Crippen LogP contribution in [0.25, 0.3) is 5.57 Å². The van der Waals surface area contributed by atoms with Gasteiger partial charge in [0.05, 0.1) is 25.5 Å². The molecule has 0 bridgehead atoms. The Labute approximate surface area is 228 Å². The molecule has 2 N–H and O–H groups in total. The zero-order chi connectivity index (χ0) is 26.8. The molecule has 7 heteroatoms. The molecule has 0 fully saturated rings. The number of aromatic nitrogens is 2. The van der Waals surface area contributed by atoms with E-state index in [0.717, 1.165) is 45.6 Å². The number of benzene rings is 3. The second-order valence-electron chi connectivity index (χ2n) is 9.81. The van der Waals surface area contributed by atoms with E-state index < -0.39 is 11.5 Å². The highest BCUT2D eigenvalue weighted by molar-refractivity contribution is 5.91. The minimum absolute atomic E-state index is 0.0713. The van der Waals surface area contributed by atoms with Gasteiger partial charge in [0.2, 0.25) is 0 Å². The summed E-state index contributed by atoms with van der Waals surface area (Å²) in [6.45, 7) is 2.90. The fraction of sp³-hybridized carbons (Fsp3) is 0.250. The molecule has 0 radical (unpaired) electrons. The van der Waals surface area contributed by atoms with Crippen LogP contribution in [-0.2, 0) is 23.2 Å². The second kappa shape index (κ2) is 10.5. The van der Waals surface area contributed by atoms with Crippen molar-refractivity contribution in [2.24, 2.45) is 0 Å². The maximum Gasteiger partial charge on any atom is 0.359 e. The minimum atomic E-state index is -0.632. The number of nitrogens with one attached hydrogen (secondary N) is 1. The molecule has 0 atom stereocenters. The number of hydrogen-bond donors (Lipinski definition) is 2. The zero-order valence-corrected chi connectivity index (χ0v) is 22.0. The van der Waals surface area contributed by atoms with Crippen LogP contribution in [0.2, 0.25) is 0 Å². The summed E-state index contributed by atoms with van der Waals surface area (Å²) >= 11 is 0. The highest BCUT2D eigenvalue weighted by Gasteiger charge is 2.47. The Morgan fingerprint density at radius 3 is 2.00 bits per heavy atom. The van der Waals surface area contributed by atoms with Gasteiger partial charge in [-0.25, -0.2) is 4.79 Å². The molecule has 4 aromatic rings. The van der Waals surface area contributed by atoms with Crippen molar-refractivity contribution in [2.45, 2.75) is 31.8 Å². The maximum atomic E-state index is 12.8. The van der Waals surface area contributed by atoms with Crippen molar-refractivity contribution in [3.8, 4) is 0 Å². The van der Waals surface area contributed by atoms with Gasteiger partial charge in [-0.05, 0) is 36.5 Å². The highest BCUT2D eigenvalue weighted by atomic mass is 16.5. The van der Waals surface area contributed by atoms with Crippen molar-refractivity contribution >= 4 is 11.5 Å². The molecule has 198 valence electrons. The van der Waals surface area contributed by atoms with Gasteiger partial charge in [-0.2, -0.15) is 10.1 Å². The smallest absolute Gasteiger partial charge is 0.359 e. The van der Waals surface area contributed by atoms with Crippen LogP contribution in [-0.4, -0.2) is 45.6 Å². The highest BCUT2D eigenvalue weighted by Crippen LogP contribution is 2.46. The average molecular weight is 521 g/mol. The Balaban J connectivity index is 1.52. The van der Waals surface area contributed by atoms with Crippen LogP contribution in [0.1, 0.15) is 51.8 Å². The third-order valence-corrected chi connectivity index (χ3v) is 7.67. The Bertz CT molecular complexity index is 1400. The van der Waals surface area contributed by atoms with Gasteiger partial charge in [-0.3, -0.25) is 4.68 Å². The lowest BCUT2D eigenvalue weighted by atomic mass is 9.76. The molecule has 39 heavy (non-hydrogen) atoms. The average Bonchev–Trinajstić information content (AvgIpc) is 3.58. The molecule has 7 nitrogen and oxygen atoms in total. The number of esters is 1. The van der Waals surface area contributed by atoms with E-state index in [1.807, 2.05) is 18.2 Å². The quantitative estimate of drug-likeness (QED) is 0.263. The molecule has 0 amide bonds. The van der Waals surface area contributed by atoms with Gasteiger partial charge in [-0.1, -0.05) is 91.0 Å². The molecule has 0 saturated heterocycles. The molecule has 1 aromatic heterocycles. The van der Waals surface area contributed by atoms with Crippen molar-refractivity contribution in [2.75, 3.05) is 19.8 Å². The summed E-state index contributed by atoms with van der Waals surface area (Å²) in [6.07, 6.45) is 1.42. The fourth-order valence-corrected chi connectivity index (χ4v) is 6.10. The van der Waals surface area contributed by atoms with E-state index in [1.54, 1.807) is 11.6 Å². The van der Waals surface area contributed by atoms with Gasteiger partial charge in [-0.15, -0.1) is 0 Å². The molecule has 0 spiro atoms. The third kappa shape index (κ3) is 4.15. The summed E-state index contributed by atoms with van der Waals surface area (Å²) in [5, 5.41) is 16.8. The number of carbonyl (C=O) groups is 1. The minimum Gasteiger partial charge on any atom is -0.461 e. The number of rotatable bonds is 8. The fourth-order valence-electron chi connectivity index (χ4n) is 6.10. The van der Waals surface area contributed by atoms with Gasteiger partial charge < -0.3 is 15.3 Å². The summed E-state index contributed by atoms with van der Waals surface area (Å²) in [5.41, 5.74) is 11.0. The summed E-state index contributed by atoms with van der Waals surface area (Å²) in [7, 11) is 0. The lowest BCUT2D eigenvalue weighted by molar-refractivity contribution is 0.0516. The number of aliphatic hydroxyl groups excluding tert-OH is 1. The van der Waals surface area contributed by atoms with E-state index in [4.69, 9.17) is 4.74 Å². The summed E-state index contributed by atoms with van der Waals surface area (Å²) in [4.78, 5) is 12.8. The van der Waals surface area contributed by atoms with E-state index >= 15 is 0 Å². The molecular formula is C32H32N4O3. The number of hydrogen-bond acceptors (Lipinski definition) is 6. The monoisotopic (exact) mass is 520 g/mol. The van der Waals surface area contributed by atoms with E-state index in [0.29, 0.717) is 25.2 Å². The van der Waals surface area contributed by atoms with E-state index in [1.165, 1.54) is 0 Å². The lowest BCUT2D eigenvalue weighted by Crippen LogP contribution is -2.52. The largest absolute Gasteiger partial charge is 0.461 e. The van der Waals surface area contributed by atoms with E-state index in [2.05, 4.69) is 88.3 Å². The second-order valence-corrected chi connectivity index (χ2v) is 9.81. The number of fused-ring (bicyclic) bond motifs is 2. The first-order valence-corrected chi connectivity index (χ1v) is 13.5. The molecule has 0 saturated carbocycles. The molecule has 6 rings (SSSR count). The lowest BCUT2D eigenvalue weighted by Gasteiger charge is -2.43. The number of aliphatic hydroxyl groups is 1. The van der Waals surface area contributed by atoms with E-state index in [9.17, 15) is 9.90 Å². The van der Waals surface area contributed by atoms with Gasteiger partial charge >= 0.3 is 5.97 Å². The molecule has 2 aliphatic rings. The molecule has 1 aliphatic carbocycles. The number of ether oxygens (including phenoxy) is 1. The number of allylic oxidation sites excluding steroid dienone is 1. The van der Waals surface area contributed by atoms with Crippen molar-refractivity contribution in [3.05, 3.63) is 130 Å². The summed E-state index contributed by atoms with van der Waals surface area (Å²) in [5.74, 6) is -0.412. The normalized spacial score (nSPS) is 15.0. The molecule has 1 aliphatic heterocycles. The Hall–Kier alpha value is -4.20. The van der Waals surface area contributed by atoms with Crippen LogP contribution < -0.4 is 5.43 Å². The van der Waals surface area contributed by atoms with Crippen LogP contribution in [0.5, 0.6) is 0 Å². The number of hydrazine groups is 1. The van der Waals surface area contributed by atoms with Crippen molar-refractivity contribution in [3.63, 3.8) is 0 Å². The zero-order valence-electron chi connectivity index (χ0n) is 22.0.